The van der Waals surface area contributed by atoms with Crippen LogP contribution in [0.3, 0.4) is 0 Å². The molecule has 1 heterocycles. The number of benzodiazepines with no additional fused rings is 1. The van der Waals surface area contributed by atoms with Crippen LogP contribution in [0, 0.1) is 6.92 Å². The summed E-state index contributed by atoms with van der Waals surface area (Å²) in [6, 6.07) is 31.2. The number of carbonyl (C=O) groups is 3. The molecule has 5 rings (SSSR count). The number of nitrogens with one attached hydrogen (secondary N) is 2. The zero-order chi connectivity index (χ0) is 28.9. The van der Waals surface area contributed by atoms with Gasteiger partial charge in [-0.1, -0.05) is 105 Å². The number of benzene rings is 4. The van der Waals surface area contributed by atoms with E-state index < -0.39 is 18.1 Å². The molecule has 41 heavy (non-hydrogen) atoms. The SMILES string of the molecule is Cc1ccccc1C(=O)CN1C(=O)C(NC(=O)Nc2ccccc2C(C)C)N=C(c2ccccc2)c2ccccc21. The van der Waals surface area contributed by atoms with Crippen LogP contribution in [0.1, 0.15) is 52.4 Å². The van der Waals surface area contributed by atoms with Crippen molar-refractivity contribution in [3.05, 3.63) is 131 Å². The van der Waals surface area contributed by atoms with Gasteiger partial charge in [-0.15, -0.1) is 0 Å². The third-order valence-electron chi connectivity index (χ3n) is 7.10. The first-order valence-electron chi connectivity index (χ1n) is 13.6. The normalized spacial score (nSPS) is 14.6. The second-order valence-electron chi connectivity index (χ2n) is 10.3. The van der Waals surface area contributed by atoms with Crippen molar-refractivity contribution in [1.29, 1.82) is 0 Å². The molecule has 0 aromatic heterocycles. The van der Waals surface area contributed by atoms with Gasteiger partial charge in [-0.25, -0.2) is 9.79 Å². The largest absolute Gasteiger partial charge is 0.321 e. The molecule has 1 atom stereocenters. The highest BCUT2D eigenvalue weighted by Gasteiger charge is 2.34. The first-order valence-corrected chi connectivity index (χ1v) is 13.6. The summed E-state index contributed by atoms with van der Waals surface area (Å²) in [7, 11) is 0. The fourth-order valence-electron chi connectivity index (χ4n) is 5.02. The Balaban J connectivity index is 1.54. The van der Waals surface area contributed by atoms with Crippen LogP contribution in [0.2, 0.25) is 0 Å². The van der Waals surface area contributed by atoms with Crippen LogP contribution >= 0.6 is 0 Å². The van der Waals surface area contributed by atoms with E-state index in [0.29, 0.717) is 28.2 Å². The van der Waals surface area contributed by atoms with Crippen LogP contribution in [0.5, 0.6) is 0 Å². The van der Waals surface area contributed by atoms with Gasteiger partial charge in [0.2, 0.25) is 6.17 Å². The number of aryl methyl sites for hydroxylation is 1. The topological polar surface area (TPSA) is 90.9 Å². The number of ketones is 1. The number of nitrogens with zero attached hydrogens (tertiary/aromatic N) is 2. The standard InChI is InChI=1S/C34H32N4O3/c1-22(2)25-16-9-11-19-28(25)35-34(41)37-32-33(40)38(21-30(39)26-17-8-7-13-23(26)3)29-20-12-10-18-27(29)31(36-32)24-14-5-4-6-15-24/h4-20,22,32H,21H2,1-3H3,(H2,35,37,41). The maximum absolute atomic E-state index is 14.1. The Morgan fingerprint density at radius 3 is 2.27 bits per heavy atom. The van der Waals surface area contributed by atoms with Gasteiger partial charge in [0.25, 0.3) is 5.91 Å². The summed E-state index contributed by atoms with van der Waals surface area (Å²) < 4.78 is 0. The van der Waals surface area contributed by atoms with E-state index in [2.05, 4.69) is 10.6 Å². The predicted octanol–water partition coefficient (Wildman–Crippen LogP) is 6.33. The summed E-state index contributed by atoms with van der Waals surface area (Å²) in [5.74, 6) is -0.521. The van der Waals surface area contributed by atoms with E-state index in [9.17, 15) is 14.4 Å². The fraction of sp³-hybridized carbons (Fsp3) is 0.176. The van der Waals surface area contributed by atoms with Crippen molar-refractivity contribution in [2.75, 3.05) is 16.8 Å². The lowest BCUT2D eigenvalue weighted by atomic mass is 9.99. The second kappa shape index (κ2) is 12.0. The molecule has 1 aliphatic rings. The van der Waals surface area contributed by atoms with Crippen molar-refractivity contribution in [2.45, 2.75) is 32.9 Å². The number of hydrogen-bond donors (Lipinski definition) is 2. The van der Waals surface area contributed by atoms with Gasteiger partial charge < -0.3 is 15.5 Å². The van der Waals surface area contributed by atoms with E-state index >= 15 is 0 Å². The maximum atomic E-state index is 14.1. The van der Waals surface area contributed by atoms with E-state index in [1.807, 2.05) is 106 Å². The number of anilines is 2. The van der Waals surface area contributed by atoms with Crippen LogP contribution in [0.25, 0.3) is 0 Å². The molecule has 0 bridgehead atoms. The summed E-state index contributed by atoms with van der Waals surface area (Å²) in [5, 5.41) is 5.66. The molecule has 0 fully saturated rings. The second-order valence-corrected chi connectivity index (χ2v) is 10.3. The Hall–Kier alpha value is -5.04. The number of hydrogen-bond acceptors (Lipinski definition) is 4. The molecule has 0 aliphatic carbocycles. The zero-order valence-corrected chi connectivity index (χ0v) is 23.3. The predicted molar refractivity (Wildman–Crippen MR) is 163 cm³/mol. The number of aliphatic imine (C=N–C) groups is 1. The summed E-state index contributed by atoms with van der Waals surface area (Å²) in [6.07, 6.45) is -1.27. The molecule has 206 valence electrons. The van der Waals surface area contributed by atoms with Crippen molar-refractivity contribution < 1.29 is 14.4 Å². The minimum atomic E-state index is -1.27. The summed E-state index contributed by atoms with van der Waals surface area (Å²) in [6.45, 7) is 5.76. The number of carbonyl (C=O) groups excluding carboxylic acids is 3. The lowest BCUT2D eigenvalue weighted by molar-refractivity contribution is -0.120. The van der Waals surface area contributed by atoms with Gasteiger partial charge >= 0.3 is 6.03 Å². The van der Waals surface area contributed by atoms with Gasteiger partial charge in [0.1, 0.15) is 0 Å². The number of urea groups is 1. The highest BCUT2D eigenvalue weighted by atomic mass is 16.2. The van der Waals surface area contributed by atoms with Gasteiger partial charge in [-0.2, -0.15) is 0 Å². The molecular formula is C34H32N4O3. The molecular weight excluding hydrogens is 512 g/mol. The fourth-order valence-corrected chi connectivity index (χ4v) is 5.02. The van der Waals surface area contributed by atoms with E-state index in [-0.39, 0.29) is 18.2 Å². The van der Waals surface area contributed by atoms with Crippen molar-refractivity contribution in [2.24, 2.45) is 4.99 Å². The molecule has 4 aromatic rings. The van der Waals surface area contributed by atoms with Gasteiger partial charge in [0.15, 0.2) is 5.78 Å². The van der Waals surface area contributed by atoms with Crippen molar-refractivity contribution >= 4 is 34.8 Å². The van der Waals surface area contributed by atoms with Crippen molar-refractivity contribution in [3.8, 4) is 0 Å². The third kappa shape index (κ3) is 5.94. The van der Waals surface area contributed by atoms with Crippen LogP contribution in [-0.4, -0.2) is 36.1 Å². The Morgan fingerprint density at radius 2 is 1.51 bits per heavy atom. The van der Waals surface area contributed by atoms with Gasteiger partial charge in [-0.05, 0) is 36.1 Å². The van der Waals surface area contributed by atoms with Crippen molar-refractivity contribution in [1.82, 2.24) is 5.32 Å². The zero-order valence-electron chi connectivity index (χ0n) is 23.3. The van der Waals surface area contributed by atoms with E-state index in [4.69, 9.17) is 4.99 Å². The molecule has 3 amide bonds. The number of Topliss-reactive ketones (excluding diaryl/α,β-unsaturated/α-hetero) is 1. The molecule has 1 unspecified atom stereocenters. The Labute approximate surface area is 239 Å². The summed E-state index contributed by atoms with van der Waals surface area (Å²) >= 11 is 0. The van der Waals surface area contributed by atoms with E-state index in [1.54, 1.807) is 18.2 Å². The molecule has 0 saturated heterocycles. The molecule has 0 saturated carbocycles. The highest BCUT2D eigenvalue weighted by Crippen LogP contribution is 2.29. The molecule has 2 N–H and O–H groups in total. The number of fused-ring (bicyclic) bond motifs is 1. The summed E-state index contributed by atoms with van der Waals surface area (Å²) in [5.41, 5.74) is 5.58. The third-order valence-corrected chi connectivity index (χ3v) is 7.10. The van der Waals surface area contributed by atoms with Crippen LogP contribution in [0.4, 0.5) is 16.2 Å². The highest BCUT2D eigenvalue weighted by molar-refractivity contribution is 6.21. The summed E-state index contributed by atoms with van der Waals surface area (Å²) in [4.78, 5) is 47.1. The Morgan fingerprint density at radius 1 is 0.854 bits per heavy atom. The van der Waals surface area contributed by atoms with Crippen LogP contribution < -0.4 is 15.5 Å². The van der Waals surface area contributed by atoms with E-state index in [1.165, 1.54) is 4.90 Å². The minimum absolute atomic E-state index is 0.186. The van der Waals surface area contributed by atoms with Gasteiger partial charge in [-0.3, -0.25) is 9.59 Å². The minimum Gasteiger partial charge on any atom is -0.308 e. The molecule has 7 heteroatoms. The van der Waals surface area contributed by atoms with E-state index in [0.717, 1.165) is 16.7 Å². The molecule has 1 aliphatic heterocycles. The lowest BCUT2D eigenvalue weighted by Gasteiger charge is -2.25. The number of rotatable bonds is 7. The van der Waals surface area contributed by atoms with Gasteiger partial charge in [0.05, 0.1) is 17.9 Å². The van der Waals surface area contributed by atoms with Gasteiger partial charge in [0, 0.05) is 22.4 Å². The molecule has 0 spiro atoms. The molecule has 0 radical (unpaired) electrons. The molecule has 7 nitrogen and oxygen atoms in total. The first kappa shape index (κ1) is 27.5. The smallest absolute Gasteiger partial charge is 0.308 e. The average Bonchev–Trinajstić information content (AvgIpc) is 3.08. The monoisotopic (exact) mass is 544 g/mol. The Bertz CT molecular complexity index is 1630. The Kier molecular flexibility index (Phi) is 8.06. The average molecular weight is 545 g/mol. The maximum Gasteiger partial charge on any atom is 0.321 e. The number of para-hydroxylation sites is 2. The first-order chi connectivity index (χ1) is 19.8. The van der Waals surface area contributed by atoms with Crippen LogP contribution in [-0.2, 0) is 4.79 Å². The molecule has 4 aromatic carbocycles. The lowest BCUT2D eigenvalue weighted by Crippen LogP contribution is -2.50. The number of amides is 3. The quantitative estimate of drug-likeness (QED) is 0.266. The van der Waals surface area contributed by atoms with Crippen LogP contribution in [0.15, 0.2) is 108 Å². The van der Waals surface area contributed by atoms with Crippen molar-refractivity contribution in [3.63, 3.8) is 0 Å².